The number of carbonyl (C=O) groups is 1. The summed E-state index contributed by atoms with van der Waals surface area (Å²) in [6, 6.07) is 9.57. The first-order valence-corrected chi connectivity index (χ1v) is 6.44. The molecule has 0 aromatic heterocycles. The average molecular weight is 277 g/mol. The molecule has 1 amide bonds. The molecule has 1 unspecified atom stereocenters. The zero-order chi connectivity index (χ0) is 14.4. The number of hydrazone groups is 1. The number of hydrazine groups is 1. The standard InChI is InChI=1S/C13H19N5O2/c14-16-12(17-15)11-6-7-18(8-11)13(19)20-9-10-4-2-1-3-5-10/h1-5,11H,6-9,14-15H2,(H,16,17). The topological polar surface area (TPSA) is 106 Å². The van der Waals surface area contributed by atoms with Crippen LogP contribution >= 0.6 is 0 Å². The first-order valence-electron chi connectivity index (χ1n) is 6.44. The van der Waals surface area contributed by atoms with Gasteiger partial charge in [0, 0.05) is 19.0 Å². The lowest BCUT2D eigenvalue weighted by Gasteiger charge is -2.16. The third kappa shape index (κ3) is 3.39. The maximum atomic E-state index is 11.9. The van der Waals surface area contributed by atoms with Gasteiger partial charge in [0.25, 0.3) is 0 Å². The average Bonchev–Trinajstić information content (AvgIpc) is 2.97. The first-order chi connectivity index (χ1) is 9.74. The van der Waals surface area contributed by atoms with Crippen LogP contribution in [0, 0.1) is 5.92 Å². The van der Waals surface area contributed by atoms with E-state index < -0.39 is 0 Å². The van der Waals surface area contributed by atoms with Crippen molar-refractivity contribution in [1.29, 1.82) is 0 Å². The Morgan fingerprint density at radius 2 is 2.20 bits per heavy atom. The molecule has 1 aromatic rings. The van der Waals surface area contributed by atoms with E-state index in [1.54, 1.807) is 4.90 Å². The molecule has 0 spiro atoms. The highest BCUT2D eigenvalue weighted by molar-refractivity contribution is 5.85. The Morgan fingerprint density at radius 1 is 1.45 bits per heavy atom. The van der Waals surface area contributed by atoms with Gasteiger partial charge in [0.1, 0.15) is 12.4 Å². The van der Waals surface area contributed by atoms with Gasteiger partial charge in [-0.25, -0.2) is 10.6 Å². The predicted octanol–water partition coefficient (Wildman–Crippen LogP) is 0.381. The lowest BCUT2D eigenvalue weighted by Crippen LogP contribution is -2.39. The molecule has 7 heteroatoms. The zero-order valence-corrected chi connectivity index (χ0v) is 11.2. The molecule has 0 bridgehead atoms. The molecule has 7 nitrogen and oxygen atoms in total. The van der Waals surface area contributed by atoms with Crippen LogP contribution in [0.5, 0.6) is 0 Å². The SMILES string of the molecule is N/N=C(\NN)C1CCN(C(=O)OCc2ccccc2)C1. The highest BCUT2D eigenvalue weighted by Crippen LogP contribution is 2.18. The van der Waals surface area contributed by atoms with Crippen molar-refractivity contribution < 1.29 is 9.53 Å². The smallest absolute Gasteiger partial charge is 0.410 e. The molecule has 1 aromatic carbocycles. The quantitative estimate of drug-likeness (QED) is 0.320. The van der Waals surface area contributed by atoms with Gasteiger partial charge in [-0.2, -0.15) is 5.10 Å². The summed E-state index contributed by atoms with van der Waals surface area (Å²) in [5, 5.41) is 3.58. The molecular weight excluding hydrogens is 258 g/mol. The van der Waals surface area contributed by atoms with Crippen molar-refractivity contribution in [3.63, 3.8) is 0 Å². The number of carbonyl (C=O) groups excluding carboxylic acids is 1. The van der Waals surface area contributed by atoms with Crippen LogP contribution < -0.4 is 17.1 Å². The normalized spacial score (nSPS) is 18.9. The van der Waals surface area contributed by atoms with Crippen molar-refractivity contribution >= 4 is 11.9 Å². The van der Waals surface area contributed by atoms with Gasteiger partial charge in [-0.1, -0.05) is 30.3 Å². The molecule has 2 rings (SSSR count). The van der Waals surface area contributed by atoms with Crippen LogP contribution in [0.4, 0.5) is 4.79 Å². The van der Waals surface area contributed by atoms with E-state index in [0.717, 1.165) is 12.0 Å². The van der Waals surface area contributed by atoms with Crippen molar-refractivity contribution in [3.8, 4) is 0 Å². The summed E-state index contributed by atoms with van der Waals surface area (Å²) >= 11 is 0. The molecule has 1 fully saturated rings. The number of ether oxygens (including phenoxy) is 1. The number of amides is 1. The molecule has 1 aliphatic rings. The second-order valence-corrected chi connectivity index (χ2v) is 4.63. The van der Waals surface area contributed by atoms with E-state index in [2.05, 4.69) is 10.5 Å². The van der Waals surface area contributed by atoms with Crippen molar-refractivity contribution in [2.75, 3.05) is 13.1 Å². The second-order valence-electron chi connectivity index (χ2n) is 4.63. The Kier molecular flexibility index (Phi) is 4.78. The maximum Gasteiger partial charge on any atom is 0.410 e. The van der Waals surface area contributed by atoms with Gasteiger partial charge >= 0.3 is 6.09 Å². The number of nitrogens with one attached hydrogen (secondary N) is 1. The first kappa shape index (κ1) is 14.1. The number of rotatable bonds is 3. The second kappa shape index (κ2) is 6.76. The third-order valence-corrected chi connectivity index (χ3v) is 3.33. The molecule has 0 aliphatic carbocycles. The Balaban J connectivity index is 1.83. The van der Waals surface area contributed by atoms with Gasteiger partial charge in [0.05, 0.1) is 0 Å². The number of nitrogens with zero attached hydrogens (tertiary/aromatic N) is 2. The van der Waals surface area contributed by atoms with Gasteiger partial charge in [-0.15, -0.1) is 0 Å². The summed E-state index contributed by atoms with van der Waals surface area (Å²) in [7, 11) is 0. The number of likely N-dealkylation sites (tertiary alicyclic amines) is 1. The Morgan fingerprint density at radius 3 is 2.85 bits per heavy atom. The minimum atomic E-state index is -0.329. The molecule has 108 valence electrons. The molecule has 0 radical (unpaired) electrons. The number of hydrogen-bond donors (Lipinski definition) is 3. The van der Waals surface area contributed by atoms with E-state index in [1.165, 1.54) is 0 Å². The molecule has 1 saturated heterocycles. The highest BCUT2D eigenvalue weighted by atomic mass is 16.6. The lowest BCUT2D eigenvalue weighted by atomic mass is 10.1. The Hall–Kier alpha value is -2.28. The minimum absolute atomic E-state index is 0.0364. The maximum absolute atomic E-state index is 11.9. The monoisotopic (exact) mass is 277 g/mol. The molecule has 20 heavy (non-hydrogen) atoms. The zero-order valence-electron chi connectivity index (χ0n) is 11.2. The molecule has 0 saturated carbocycles. The van der Waals surface area contributed by atoms with Crippen LogP contribution in [0.15, 0.2) is 35.4 Å². The van der Waals surface area contributed by atoms with Crippen molar-refractivity contribution in [2.45, 2.75) is 13.0 Å². The van der Waals surface area contributed by atoms with Crippen LogP contribution in [0.2, 0.25) is 0 Å². The van der Waals surface area contributed by atoms with Crippen molar-refractivity contribution in [3.05, 3.63) is 35.9 Å². The summed E-state index contributed by atoms with van der Waals surface area (Å²) in [5.41, 5.74) is 3.42. The van der Waals surface area contributed by atoms with E-state index in [0.29, 0.717) is 18.9 Å². The molecule has 1 heterocycles. The van der Waals surface area contributed by atoms with Crippen LogP contribution in [0.3, 0.4) is 0 Å². The van der Waals surface area contributed by atoms with Gasteiger partial charge in [0.2, 0.25) is 0 Å². The highest BCUT2D eigenvalue weighted by Gasteiger charge is 2.30. The van der Waals surface area contributed by atoms with Crippen LogP contribution in [0.1, 0.15) is 12.0 Å². The molecule has 5 N–H and O–H groups in total. The Labute approximate surface area is 117 Å². The lowest BCUT2D eigenvalue weighted by molar-refractivity contribution is 0.104. The van der Waals surface area contributed by atoms with E-state index in [9.17, 15) is 4.79 Å². The third-order valence-electron chi connectivity index (χ3n) is 3.33. The number of amidine groups is 1. The minimum Gasteiger partial charge on any atom is -0.445 e. The Bertz CT molecular complexity index is 477. The van der Waals surface area contributed by atoms with E-state index in [-0.39, 0.29) is 18.6 Å². The molecule has 1 aliphatic heterocycles. The number of hydrogen-bond acceptors (Lipinski definition) is 5. The van der Waals surface area contributed by atoms with Crippen LogP contribution in [0.25, 0.3) is 0 Å². The van der Waals surface area contributed by atoms with Crippen molar-refractivity contribution in [2.24, 2.45) is 22.7 Å². The summed E-state index contributed by atoms with van der Waals surface area (Å²) in [4.78, 5) is 13.6. The fraction of sp³-hybridized carbons (Fsp3) is 0.385. The number of benzene rings is 1. The van der Waals surface area contributed by atoms with E-state index in [1.807, 2.05) is 30.3 Å². The predicted molar refractivity (Wildman–Crippen MR) is 75.3 cm³/mol. The summed E-state index contributed by atoms with van der Waals surface area (Å²) in [6.45, 7) is 1.39. The van der Waals surface area contributed by atoms with Gasteiger partial charge < -0.3 is 20.9 Å². The van der Waals surface area contributed by atoms with Crippen LogP contribution in [-0.4, -0.2) is 29.9 Å². The summed E-state index contributed by atoms with van der Waals surface area (Å²) in [6.07, 6.45) is 0.436. The van der Waals surface area contributed by atoms with Gasteiger partial charge in [-0.05, 0) is 12.0 Å². The largest absolute Gasteiger partial charge is 0.445 e. The van der Waals surface area contributed by atoms with Crippen molar-refractivity contribution in [1.82, 2.24) is 10.3 Å². The fourth-order valence-electron chi connectivity index (χ4n) is 2.22. The van der Waals surface area contributed by atoms with E-state index in [4.69, 9.17) is 16.4 Å². The molecule has 1 atom stereocenters. The molecular formula is C13H19N5O2. The van der Waals surface area contributed by atoms with Gasteiger partial charge in [-0.3, -0.25) is 0 Å². The summed E-state index contributed by atoms with van der Waals surface area (Å²) in [5.74, 6) is 11.1. The van der Waals surface area contributed by atoms with Gasteiger partial charge in [0.15, 0.2) is 0 Å². The number of nitrogens with two attached hydrogens (primary N) is 2. The fourth-order valence-corrected chi connectivity index (χ4v) is 2.22. The van der Waals surface area contributed by atoms with E-state index >= 15 is 0 Å². The summed E-state index contributed by atoms with van der Waals surface area (Å²) < 4.78 is 5.27. The van der Waals surface area contributed by atoms with Crippen LogP contribution in [-0.2, 0) is 11.3 Å².